The number of hydrogen-bond acceptors (Lipinski definition) is 9. The van der Waals surface area contributed by atoms with Crippen molar-refractivity contribution in [3.05, 3.63) is 77.6 Å². The van der Waals surface area contributed by atoms with E-state index in [1.165, 1.54) is 17.1 Å². The maximum absolute atomic E-state index is 13.0. The molecule has 5 rings (SSSR count). The number of aliphatic hydroxyl groups is 1. The molecule has 0 radical (unpaired) electrons. The Bertz CT molecular complexity index is 1670. The Morgan fingerprint density at radius 3 is 2.52 bits per heavy atom. The molecule has 2 aromatic carbocycles. The molecular weight excluding hydrogens is 560 g/mol. The lowest BCUT2D eigenvalue weighted by Crippen LogP contribution is -2.34. The van der Waals surface area contributed by atoms with E-state index in [-0.39, 0.29) is 41.9 Å². The molecule has 1 amide bonds. The predicted molar refractivity (Wildman–Crippen MR) is 154 cm³/mol. The van der Waals surface area contributed by atoms with Gasteiger partial charge >= 0.3 is 0 Å². The lowest BCUT2D eigenvalue weighted by atomic mass is 10.00. The molecule has 220 valence electrons. The summed E-state index contributed by atoms with van der Waals surface area (Å²) in [5.74, 6) is 0.400. The van der Waals surface area contributed by atoms with Crippen LogP contribution in [-0.2, 0) is 28.5 Å². The number of nitrogens with zero attached hydrogens (tertiary/aromatic N) is 5. The molecule has 42 heavy (non-hydrogen) atoms. The highest BCUT2D eigenvalue weighted by Crippen LogP contribution is 2.30. The molecule has 1 aliphatic heterocycles. The van der Waals surface area contributed by atoms with Crippen LogP contribution in [0.3, 0.4) is 0 Å². The average Bonchev–Trinajstić information content (AvgIpc) is 3.61. The van der Waals surface area contributed by atoms with Crippen molar-refractivity contribution >= 4 is 21.9 Å². The van der Waals surface area contributed by atoms with E-state index in [1.807, 2.05) is 32.0 Å². The highest BCUT2D eigenvalue weighted by Gasteiger charge is 2.29. The number of sulfonamides is 1. The molecule has 1 fully saturated rings. The zero-order valence-electron chi connectivity index (χ0n) is 23.5. The van der Waals surface area contributed by atoms with Crippen LogP contribution in [0.1, 0.15) is 23.1 Å². The number of nitrogens with one attached hydrogen (secondary N) is 1. The number of anilines is 1. The van der Waals surface area contributed by atoms with Crippen molar-refractivity contribution in [2.45, 2.75) is 37.9 Å². The number of carbonyl (C=O) groups excluding carboxylic acids is 1. The summed E-state index contributed by atoms with van der Waals surface area (Å²) in [6.07, 6.45) is 2.83. The van der Waals surface area contributed by atoms with Gasteiger partial charge in [0, 0.05) is 37.8 Å². The number of amides is 1. The summed E-state index contributed by atoms with van der Waals surface area (Å²) in [7, 11) is -2.38. The van der Waals surface area contributed by atoms with Gasteiger partial charge in [-0.15, -0.1) is 0 Å². The molecule has 2 aromatic heterocycles. The molecule has 4 aromatic rings. The third-order valence-electron chi connectivity index (χ3n) is 6.91. The first-order valence-electron chi connectivity index (χ1n) is 13.4. The topological polar surface area (TPSA) is 149 Å². The SMILES string of the molecule is Cc1cccc(C)c1-c1cc(OC2CCN(C(=O)COc3ccc(CO)cc3)C2)nc(NS(=O)(=O)c2cnn(C)c2)n1. The fourth-order valence-electron chi connectivity index (χ4n) is 4.74. The van der Waals surface area contributed by atoms with E-state index in [9.17, 15) is 18.3 Å². The quantitative estimate of drug-likeness (QED) is 0.284. The van der Waals surface area contributed by atoms with E-state index < -0.39 is 10.0 Å². The number of ether oxygens (including phenoxy) is 2. The van der Waals surface area contributed by atoms with Gasteiger partial charge in [-0.05, 0) is 42.7 Å². The number of rotatable bonds is 10. The van der Waals surface area contributed by atoms with Crippen molar-refractivity contribution in [1.29, 1.82) is 0 Å². The molecule has 2 N–H and O–H groups in total. The van der Waals surface area contributed by atoms with Crippen LogP contribution in [0.15, 0.2) is 65.8 Å². The third-order valence-corrected chi connectivity index (χ3v) is 8.19. The Morgan fingerprint density at radius 1 is 1.12 bits per heavy atom. The molecule has 13 heteroatoms. The number of benzene rings is 2. The van der Waals surface area contributed by atoms with E-state index >= 15 is 0 Å². The number of carbonyl (C=O) groups is 1. The predicted octanol–water partition coefficient (Wildman–Crippen LogP) is 2.85. The molecule has 3 heterocycles. The minimum absolute atomic E-state index is 0.0231. The molecule has 1 unspecified atom stereocenters. The van der Waals surface area contributed by atoms with E-state index in [0.717, 1.165) is 22.3 Å². The van der Waals surface area contributed by atoms with Crippen molar-refractivity contribution in [3.8, 4) is 22.9 Å². The Balaban J connectivity index is 1.32. The molecule has 0 aliphatic carbocycles. The maximum Gasteiger partial charge on any atom is 0.267 e. The van der Waals surface area contributed by atoms with Crippen LogP contribution in [0.25, 0.3) is 11.3 Å². The number of aryl methyl sites for hydroxylation is 3. The van der Waals surface area contributed by atoms with Gasteiger partial charge in [0.15, 0.2) is 6.61 Å². The summed E-state index contributed by atoms with van der Waals surface area (Å²) in [6, 6.07) is 14.4. The van der Waals surface area contributed by atoms with Crippen LogP contribution in [0, 0.1) is 13.8 Å². The van der Waals surface area contributed by atoms with Gasteiger partial charge in [0.2, 0.25) is 11.8 Å². The summed E-state index contributed by atoms with van der Waals surface area (Å²) in [5, 5.41) is 13.1. The van der Waals surface area contributed by atoms with Gasteiger partial charge in [-0.2, -0.15) is 10.1 Å². The van der Waals surface area contributed by atoms with Gasteiger partial charge in [0.25, 0.3) is 15.9 Å². The van der Waals surface area contributed by atoms with Gasteiger partial charge in [-0.3, -0.25) is 9.48 Å². The fraction of sp³-hybridized carbons (Fsp3) is 0.310. The number of aliphatic hydroxyl groups excluding tert-OH is 1. The van der Waals surface area contributed by atoms with Crippen LogP contribution in [0.4, 0.5) is 5.95 Å². The Hall–Kier alpha value is -4.49. The largest absolute Gasteiger partial charge is 0.484 e. The molecule has 12 nitrogen and oxygen atoms in total. The first kappa shape index (κ1) is 29.0. The first-order valence-corrected chi connectivity index (χ1v) is 14.8. The molecule has 1 aliphatic rings. The lowest BCUT2D eigenvalue weighted by molar-refractivity contribution is -0.132. The average molecular weight is 593 g/mol. The van der Waals surface area contributed by atoms with Crippen LogP contribution >= 0.6 is 0 Å². The highest BCUT2D eigenvalue weighted by atomic mass is 32.2. The second-order valence-corrected chi connectivity index (χ2v) is 11.8. The summed E-state index contributed by atoms with van der Waals surface area (Å²) in [6.45, 7) is 4.51. The first-order chi connectivity index (χ1) is 20.1. The van der Waals surface area contributed by atoms with Crippen LogP contribution in [0.2, 0.25) is 0 Å². The third kappa shape index (κ3) is 6.69. The maximum atomic E-state index is 13.0. The molecular formula is C29H32N6O6S. The van der Waals surface area contributed by atoms with Crippen molar-refractivity contribution in [3.63, 3.8) is 0 Å². The molecule has 1 atom stereocenters. The van der Waals surface area contributed by atoms with Gasteiger partial charge < -0.3 is 19.5 Å². The standard InChI is InChI=1S/C29H32N6O6S/c1-19-5-4-6-20(2)28(19)25-13-26(32-29(31-25)33-42(38,39)24-14-30-34(3)16-24)41-23-11-12-35(15-23)27(37)18-40-22-9-7-21(17-36)8-10-22/h4-10,13-14,16,23,36H,11-12,15,17-18H2,1-3H3,(H,31,32,33). The van der Waals surface area contributed by atoms with Gasteiger partial charge in [-0.25, -0.2) is 18.1 Å². The van der Waals surface area contributed by atoms with Gasteiger partial charge in [-0.1, -0.05) is 30.3 Å². The molecule has 1 saturated heterocycles. The van der Waals surface area contributed by atoms with Gasteiger partial charge in [0.05, 0.1) is 25.0 Å². The summed E-state index contributed by atoms with van der Waals surface area (Å²) in [4.78, 5) is 23.3. The Labute approximate surface area is 244 Å². The number of aromatic nitrogens is 4. The summed E-state index contributed by atoms with van der Waals surface area (Å²) < 4.78 is 41.7. The lowest BCUT2D eigenvalue weighted by Gasteiger charge is -2.18. The van der Waals surface area contributed by atoms with Crippen molar-refractivity contribution in [2.24, 2.45) is 7.05 Å². The Morgan fingerprint density at radius 2 is 1.86 bits per heavy atom. The van der Waals surface area contributed by atoms with E-state index in [1.54, 1.807) is 42.3 Å². The van der Waals surface area contributed by atoms with Gasteiger partial charge in [0.1, 0.15) is 16.7 Å². The Kier molecular flexibility index (Phi) is 8.41. The zero-order chi connectivity index (χ0) is 29.9. The summed E-state index contributed by atoms with van der Waals surface area (Å²) in [5.41, 5.74) is 4.03. The number of hydrogen-bond donors (Lipinski definition) is 2. The molecule has 0 bridgehead atoms. The smallest absolute Gasteiger partial charge is 0.267 e. The monoisotopic (exact) mass is 592 g/mol. The molecule has 0 saturated carbocycles. The van der Waals surface area contributed by atoms with Crippen LogP contribution in [0.5, 0.6) is 11.6 Å². The zero-order valence-corrected chi connectivity index (χ0v) is 24.3. The van der Waals surface area contributed by atoms with E-state index in [2.05, 4.69) is 19.8 Å². The minimum atomic E-state index is -4.00. The van der Waals surface area contributed by atoms with Crippen LogP contribution in [-0.4, -0.2) is 69.9 Å². The summed E-state index contributed by atoms with van der Waals surface area (Å²) >= 11 is 0. The number of likely N-dealkylation sites (tertiary alicyclic amines) is 1. The molecule has 0 spiro atoms. The van der Waals surface area contributed by atoms with Crippen molar-refractivity contribution in [1.82, 2.24) is 24.6 Å². The van der Waals surface area contributed by atoms with Crippen molar-refractivity contribution < 1.29 is 27.8 Å². The van der Waals surface area contributed by atoms with Crippen molar-refractivity contribution in [2.75, 3.05) is 24.4 Å². The van der Waals surface area contributed by atoms with E-state index in [4.69, 9.17) is 9.47 Å². The van der Waals surface area contributed by atoms with Crippen LogP contribution < -0.4 is 14.2 Å². The highest BCUT2D eigenvalue weighted by molar-refractivity contribution is 7.92. The van der Waals surface area contributed by atoms with E-state index in [0.29, 0.717) is 31.0 Å². The second kappa shape index (κ2) is 12.2. The second-order valence-electron chi connectivity index (χ2n) is 10.1. The minimum Gasteiger partial charge on any atom is -0.484 e. The fourth-order valence-corrected chi connectivity index (χ4v) is 5.67. The normalized spacial score (nSPS) is 15.0.